The van der Waals surface area contributed by atoms with E-state index in [9.17, 15) is 19.6 Å². The van der Waals surface area contributed by atoms with Crippen LogP contribution in [0.4, 0.5) is 10.6 Å². The van der Waals surface area contributed by atoms with Crippen molar-refractivity contribution in [3.8, 4) is 6.07 Å². The molecule has 9 heteroatoms. The van der Waals surface area contributed by atoms with E-state index in [1.165, 1.54) is 18.7 Å². The number of piperazine rings is 1. The Kier molecular flexibility index (Phi) is 4.74. The standard InChI is InChI=1S/C14H19N5O4/c1-4-23-14(22)19-7-5-18(6-8-19)11-10(9-15)12(20)17(3)13(21)16(11)2/h4-8H2,1-3H3. The van der Waals surface area contributed by atoms with Gasteiger partial charge in [-0.25, -0.2) is 9.59 Å². The van der Waals surface area contributed by atoms with Crippen LogP contribution in [-0.2, 0) is 18.8 Å². The van der Waals surface area contributed by atoms with Crippen LogP contribution in [0.3, 0.4) is 0 Å². The summed E-state index contributed by atoms with van der Waals surface area (Å²) in [4.78, 5) is 39.2. The topological polar surface area (TPSA) is 101 Å². The van der Waals surface area contributed by atoms with E-state index in [0.29, 0.717) is 38.6 Å². The van der Waals surface area contributed by atoms with Crippen LogP contribution in [0.2, 0.25) is 0 Å². The fourth-order valence-corrected chi connectivity index (χ4v) is 2.62. The Hall–Kier alpha value is -2.76. The van der Waals surface area contributed by atoms with E-state index in [1.807, 2.05) is 6.07 Å². The van der Waals surface area contributed by atoms with Crippen molar-refractivity contribution in [3.05, 3.63) is 26.4 Å². The Bertz CT molecular complexity index is 765. The quantitative estimate of drug-likeness (QED) is 0.709. The van der Waals surface area contributed by atoms with Gasteiger partial charge in [0.2, 0.25) is 0 Å². The molecule has 124 valence electrons. The molecule has 0 unspecified atom stereocenters. The second kappa shape index (κ2) is 6.56. The number of nitrogens with zero attached hydrogens (tertiary/aromatic N) is 5. The minimum absolute atomic E-state index is 0.0702. The van der Waals surface area contributed by atoms with Gasteiger partial charge in [-0.05, 0) is 6.92 Å². The number of ether oxygens (including phenoxy) is 1. The third kappa shape index (κ3) is 2.92. The fourth-order valence-electron chi connectivity index (χ4n) is 2.62. The highest BCUT2D eigenvalue weighted by atomic mass is 16.6. The summed E-state index contributed by atoms with van der Waals surface area (Å²) in [6.07, 6.45) is -0.384. The lowest BCUT2D eigenvalue weighted by Crippen LogP contribution is -2.51. The van der Waals surface area contributed by atoms with Crippen molar-refractivity contribution in [1.82, 2.24) is 14.0 Å². The van der Waals surface area contributed by atoms with Crippen molar-refractivity contribution in [2.24, 2.45) is 14.1 Å². The number of carbonyl (C=O) groups excluding carboxylic acids is 1. The summed E-state index contributed by atoms with van der Waals surface area (Å²) >= 11 is 0. The molecule has 9 nitrogen and oxygen atoms in total. The largest absolute Gasteiger partial charge is 0.450 e. The van der Waals surface area contributed by atoms with Crippen molar-refractivity contribution in [3.63, 3.8) is 0 Å². The maximum atomic E-state index is 12.1. The monoisotopic (exact) mass is 321 g/mol. The highest BCUT2D eigenvalue weighted by Crippen LogP contribution is 2.17. The van der Waals surface area contributed by atoms with E-state index in [-0.39, 0.29) is 11.7 Å². The third-order valence-corrected chi connectivity index (χ3v) is 3.85. The van der Waals surface area contributed by atoms with Gasteiger partial charge in [-0.2, -0.15) is 5.26 Å². The van der Waals surface area contributed by atoms with E-state index < -0.39 is 11.2 Å². The molecule has 0 atom stereocenters. The predicted octanol–water partition coefficient (Wildman–Crippen LogP) is -0.766. The predicted molar refractivity (Wildman–Crippen MR) is 82.4 cm³/mol. The van der Waals surface area contributed by atoms with E-state index >= 15 is 0 Å². The minimum Gasteiger partial charge on any atom is -0.450 e. The molecule has 0 aliphatic carbocycles. The lowest BCUT2D eigenvalue weighted by Gasteiger charge is -2.36. The van der Waals surface area contributed by atoms with E-state index in [1.54, 1.807) is 16.7 Å². The molecule has 1 aromatic rings. The summed E-state index contributed by atoms with van der Waals surface area (Å²) in [6.45, 7) is 3.66. The van der Waals surface area contributed by atoms with Crippen LogP contribution in [0.15, 0.2) is 9.59 Å². The first-order chi connectivity index (χ1) is 10.9. The van der Waals surface area contributed by atoms with Crippen LogP contribution in [0.5, 0.6) is 0 Å². The highest BCUT2D eigenvalue weighted by molar-refractivity contribution is 5.68. The van der Waals surface area contributed by atoms with Crippen molar-refractivity contribution >= 4 is 11.9 Å². The normalized spacial score (nSPS) is 14.5. The van der Waals surface area contributed by atoms with Crippen LogP contribution < -0.4 is 16.1 Å². The first-order valence-corrected chi connectivity index (χ1v) is 7.29. The van der Waals surface area contributed by atoms with Gasteiger partial charge in [0, 0.05) is 40.3 Å². The average molecular weight is 321 g/mol. The van der Waals surface area contributed by atoms with Crippen LogP contribution in [0.1, 0.15) is 12.5 Å². The molecule has 1 fully saturated rings. The molecule has 1 aliphatic rings. The summed E-state index contributed by atoms with van der Waals surface area (Å²) in [7, 11) is 2.86. The molecule has 1 aliphatic heterocycles. The van der Waals surface area contributed by atoms with E-state index in [2.05, 4.69) is 0 Å². The van der Waals surface area contributed by atoms with Gasteiger partial charge in [-0.3, -0.25) is 13.9 Å². The molecular formula is C14H19N5O4. The summed E-state index contributed by atoms with van der Waals surface area (Å²) in [5.41, 5.74) is -1.17. The van der Waals surface area contributed by atoms with Crippen molar-refractivity contribution in [2.75, 3.05) is 37.7 Å². The number of aromatic nitrogens is 2. The number of rotatable bonds is 2. The van der Waals surface area contributed by atoms with Gasteiger partial charge < -0.3 is 14.5 Å². The average Bonchev–Trinajstić information content (AvgIpc) is 2.56. The molecule has 23 heavy (non-hydrogen) atoms. The minimum atomic E-state index is -0.613. The van der Waals surface area contributed by atoms with Crippen LogP contribution >= 0.6 is 0 Å². The van der Waals surface area contributed by atoms with Crippen molar-refractivity contribution in [1.29, 1.82) is 5.26 Å². The maximum Gasteiger partial charge on any atom is 0.409 e. The SMILES string of the molecule is CCOC(=O)N1CCN(c2c(C#N)c(=O)n(C)c(=O)n2C)CC1. The van der Waals surface area contributed by atoms with Gasteiger partial charge in [0.15, 0.2) is 5.56 Å². The Morgan fingerprint density at radius 2 is 1.78 bits per heavy atom. The van der Waals surface area contributed by atoms with Crippen molar-refractivity contribution in [2.45, 2.75) is 6.92 Å². The molecular weight excluding hydrogens is 302 g/mol. The molecule has 1 aromatic heterocycles. The summed E-state index contributed by atoms with van der Waals surface area (Å²) in [6, 6.07) is 1.88. The maximum absolute atomic E-state index is 12.1. The first-order valence-electron chi connectivity index (χ1n) is 7.29. The number of anilines is 1. The molecule has 0 N–H and O–H groups in total. The molecule has 0 saturated carbocycles. The van der Waals surface area contributed by atoms with Gasteiger partial charge in [0.25, 0.3) is 5.56 Å². The Morgan fingerprint density at radius 1 is 1.17 bits per heavy atom. The van der Waals surface area contributed by atoms with Crippen LogP contribution in [0, 0.1) is 11.3 Å². The molecule has 0 spiro atoms. The zero-order valence-corrected chi connectivity index (χ0v) is 13.4. The summed E-state index contributed by atoms with van der Waals surface area (Å²) in [5.74, 6) is 0.295. The number of hydrogen-bond donors (Lipinski definition) is 0. The van der Waals surface area contributed by atoms with E-state index in [4.69, 9.17) is 4.74 Å². The number of nitriles is 1. The Balaban J connectivity index is 2.32. The fraction of sp³-hybridized carbons (Fsp3) is 0.571. The molecule has 1 saturated heterocycles. The number of amides is 1. The number of hydrogen-bond acceptors (Lipinski definition) is 6. The lowest BCUT2D eigenvalue weighted by molar-refractivity contribution is 0.105. The Labute approximate surface area is 132 Å². The molecule has 0 radical (unpaired) electrons. The van der Waals surface area contributed by atoms with Gasteiger partial charge >= 0.3 is 11.8 Å². The highest BCUT2D eigenvalue weighted by Gasteiger charge is 2.26. The second-order valence-corrected chi connectivity index (χ2v) is 5.19. The van der Waals surface area contributed by atoms with Gasteiger partial charge in [0.05, 0.1) is 6.61 Å². The molecule has 1 amide bonds. The molecule has 0 bridgehead atoms. The first kappa shape index (κ1) is 16.6. The molecule has 2 rings (SSSR count). The second-order valence-electron chi connectivity index (χ2n) is 5.19. The van der Waals surface area contributed by atoms with Crippen molar-refractivity contribution < 1.29 is 9.53 Å². The Morgan fingerprint density at radius 3 is 2.30 bits per heavy atom. The zero-order valence-electron chi connectivity index (χ0n) is 13.4. The summed E-state index contributed by atoms with van der Waals surface area (Å²) in [5, 5.41) is 9.29. The number of carbonyl (C=O) groups is 1. The van der Waals surface area contributed by atoms with Crippen LogP contribution in [0.25, 0.3) is 0 Å². The third-order valence-electron chi connectivity index (χ3n) is 3.85. The van der Waals surface area contributed by atoms with Crippen LogP contribution in [-0.4, -0.2) is 52.9 Å². The molecule has 2 heterocycles. The zero-order chi connectivity index (χ0) is 17.1. The van der Waals surface area contributed by atoms with Gasteiger partial charge in [-0.15, -0.1) is 0 Å². The van der Waals surface area contributed by atoms with E-state index in [0.717, 1.165) is 4.57 Å². The smallest absolute Gasteiger partial charge is 0.409 e. The van der Waals surface area contributed by atoms with Gasteiger partial charge in [-0.1, -0.05) is 0 Å². The van der Waals surface area contributed by atoms with Gasteiger partial charge in [0.1, 0.15) is 11.9 Å². The lowest BCUT2D eigenvalue weighted by atomic mass is 10.2. The summed E-state index contributed by atoms with van der Waals surface area (Å²) < 4.78 is 7.16. The molecule has 0 aromatic carbocycles.